The predicted octanol–water partition coefficient (Wildman–Crippen LogP) is 4.06. The van der Waals surface area contributed by atoms with Gasteiger partial charge in [0.15, 0.2) is 6.20 Å². The predicted molar refractivity (Wildman–Crippen MR) is 102 cm³/mol. The third-order valence-corrected chi connectivity index (χ3v) is 4.60. The van der Waals surface area contributed by atoms with Crippen LogP contribution in [0.15, 0.2) is 71.5 Å². The van der Waals surface area contributed by atoms with Gasteiger partial charge in [0.25, 0.3) is 5.84 Å². The van der Waals surface area contributed by atoms with Gasteiger partial charge in [-0.05, 0) is 36.8 Å². The summed E-state index contributed by atoms with van der Waals surface area (Å²) < 4.78 is 0. The van der Waals surface area contributed by atoms with Crippen LogP contribution < -0.4 is 9.80 Å². The van der Waals surface area contributed by atoms with Crippen molar-refractivity contribution >= 4 is 28.8 Å². The summed E-state index contributed by atoms with van der Waals surface area (Å²) in [7, 11) is 0. The second-order valence-corrected chi connectivity index (χ2v) is 6.61. The summed E-state index contributed by atoms with van der Waals surface area (Å²) in [5.74, 6) is 0.972. The van der Waals surface area contributed by atoms with Gasteiger partial charge in [-0.1, -0.05) is 40.8 Å². The third kappa shape index (κ3) is 3.12. The molecular weight excluding hydrogens is 334 g/mol. The van der Waals surface area contributed by atoms with Crippen LogP contribution in [0.3, 0.4) is 0 Å². The van der Waals surface area contributed by atoms with E-state index in [-0.39, 0.29) is 6.61 Å². The molecule has 0 amide bonds. The van der Waals surface area contributed by atoms with Gasteiger partial charge in [-0.3, -0.25) is 4.90 Å². The minimum absolute atomic E-state index is 0.0431. The second kappa shape index (κ2) is 6.48. The largest absolute Gasteiger partial charge is 0.392 e. The maximum absolute atomic E-state index is 9.36. The van der Waals surface area contributed by atoms with Crippen molar-refractivity contribution in [1.82, 2.24) is 4.90 Å². The van der Waals surface area contributed by atoms with Crippen LogP contribution in [0.4, 0.5) is 5.69 Å². The highest BCUT2D eigenvalue weighted by atomic mass is 35.5. The molecule has 5 heteroatoms. The van der Waals surface area contributed by atoms with E-state index < -0.39 is 0 Å². The molecular formula is C20H18ClN3O+. The zero-order valence-corrected chi connectivity index (χ0v) is 14.6. The fraction of sp³-hybridized carbons (Fsp3) is 0.150. The first-order valence-electron chi connectivity index (χ1n) is 8.12. The standard InChI is InChI=1S/C20H18ClN3O/c1-14-10-23(18-4-2-3-15(9-18)12-25)13-24-11-19(22-20(14)24)16-5-7-17(21)8-6-16/h2-11,25H,12-13H2,1H3/q+1. The summed E-state index contributed by atoms with van der Waals surface area (Å²) in [6, 6.07) is 15.7. The average Bonchev–Trinajstić information content (AvgIpc) is 3.07. The Balaban J connectivity index is 1.64. The van der Waals surface area contributed by atoms with Crippen LogP contribution in [-0.2, 0) is 6.61 Å². The topological polar surface area (TPSA) is 41.7 Å². The van der Waals surface area contributed by atoms with E-state index in [1.807, 2.05) is 48.5 Å². The quantitative estimate of drug-likeness (QED) is 0.847. The number of amidine groups is 1. The van der Waals surface area contributed by atoms with Crippen molar-refractivity contribution in [3.63, 3.8) is 0 Å². The molecule has 0 fully saturated rings. The molecule has 0 bridgehead atoms. The van der Waals surface area contributed by atoms with Crippen molar-refractivity contribution in [1.29, 1.82) is 0 Å². The van der Waals surface area contributed by atoms with E-state index in [1.165, 1.54) is 0 Å². The number of fused-ring (bicyclic) bond motifs is 1. The van der Waals surface area contributed by atoms with Crippen molar-refractivity contribution in [2.24, 2.45) is 4.99 Å². The highest BCUT2D eigenvalue weighted by Gasteiger charge is 2.36. The van der Waals surface area contributed by atoms with E-state index in [1.54, 1.807) is 0 Å². The van der Waals surface area contributed by atoms with Gasteiger partial charge in [-0.2, -0.15) is 4.99 Å². The molecule has 0 spiro atoms. The highest BCUT2D eigenvalue weighted by Crippen LogP contribution is 2.29. The monoisotopic (exact) mass is 351 g/mol. The van der Waals surface area contributed by atoms with Gasteiger partial charge < -0.3 is 5.11 Å². The fourth-order valence-corrected chi connectivity index (χ4v) is 3.21. The Labute approximate surface area is 152 Å². The normalized spacial score (nSPS) is 17.1. The lowest BCUT2D eigenvalue weighted by molar-refractivity contribution is 0.282. The van der Waals surface area contributed by atoms with Gasteiger partial charge in [-0.25, -0.2) is 0 Å². The van der Waals surface area contributed by atoms with Crippen LogP contribution in [0.2, 0.25) is 5.02 Å². The molecule has 0 atom stereocenters. The molecule has 0 saturated carbocycles. The van der Waals surface area contributed by atoms with E-state index in [2.05, 4.69) is 29.1 Å². The number of aliphatic hydroxyl groups excluding tert-OH is 1. The van der Waals surface area contributed by atoms with E-state index in [0.29, 0.717) is 6.67 Å². The highest BCUT2D eigenvalue weighted by molar-refractivity contribution is 6.30. The summed E-state index contributed by atoms with van der Waals surface area (Å²) in [6.45, 7) is 2.79. The number of benzene rings is 2. The number of anilines is 1. The van der Waals surface area contributed by atoms with Gasteiger partial charge in [0.1, 0.15) is 5.70 Å². The Bertz CT molecular complexity index is 899. The number of hydrogen-bond donors (Lipinski definition) is 1. The Morgan fingerprint density at radius 1 is 1.20 bits per heavy atom. The Morgan fingerprint density at radius 2 is 2.00 bits per heavy atom. The molecule has 2 aromatic rings. The summed E-state index contributed by atoms with van der Waals surface area (Å²) in [4.78, 5) is 9.08. The first-order chi connectivity index (χ1) is 12.1. The summed E-state index contributed by atoms with van der Waals surface area (Å²) >= 11 is 5.98. The number of aliphatic imine (C=N–C) groups is 1. The first kappa shape index (κ1) is 16.1. The first-order valence-corrected chi connectivity index (χ1v) is 8.50. The molecule has 2 aromatic carbocycles. The van der Waals surface area contributed by atoms with Crippen molar-refractivity contribution < 1.29 is 5.11 Å². The zero-order valence-electron chi connectivity index (χ0n) is 13.9. The van der Waals surface area contributed by atoms with Crippen molar-refractivity contribution in [3.05, 3.63) is 82.7 Å². The van der Waals surface area contributed by atoms with Crippen molar-refractivity contribution in [3.8, 4) is 0 Å². The number of hydrogen-bond acceptors (Lipinski definition) is 4. The van der Waals surface area contributed by atoms with Gasteiger partial charge in [0, 0.05) is 22.5 Å². The molecule has 2 aliphatic heterocycles. The maximum Gasteiger partial charge on any atom is 0.288 e. The Morgan fingerprint density at radius 3 is 2.76 bits per heavy atom. The van der Waals surface area contributed by atoms with Crippen LogP contribution in [0.1, 0.15) is 18.1 Å². The van der Waals surface area contributed by atoms with Crippen molar-refractivity contribution in [2.75, 3.05) is 11.6 Å². The number of nitrogens with zero attached hydrogens (tertiary/aromatic N) is 3. The summed E-state index contributed by atoms with van der Waals surface area (Å²) in [6.07, 6.45) is 4.17. The van der Waals surface area contributed by atoms with E-state index in [4.69, 9.17) is 16.6 Å². The summed E-state index contributed by atoms with van der Waals surface area (Å²) in [5, 5.41) is 10.1. The maximum atomic E-state index is 9.36. The van der Waals surface area contributed by atoms with Crippen LogP contribution in [0.25, 0.3) is 5.70 Å². The molecule has 0 aliphatic carbocycles. The van der Waals surface area contributed by atoms with Gasteiger partial charge >= 0.3 is 0 Å². The molecule has 0 saturated heterocycles. The molecule has 1 N–H and O–H groups in total. The van der Waals surface area contributed by atoms with Crippen LogP contribution >= 0.6 is 11.6 Å². The Kier molecular flexibility index (Phi) is 4.17. The zero-order chi connectivity index (χ0) is 17.4. The fourth-order valence-electron chi connectivity index (χ4n) is 3.08. The van der Waals surface area contributed by atoms with Gasteiger partial charge in [0.2, 0.25) is 6.67 Å². The summed E-state index contributed by atoms with van der Waals surface area (Å²) in [5.41, 5.74) is 5.04. The minimum Gasteiger partial charge on any atom is -0.392 e. The van der Waals surface area contributed by atoms with Crippen LogP contribution in [-0.4, -0.2) is 17.6 Å². The van der Waals surface area contributed by atoms with Crippen LogP contribution in [0, 0.1) is 0 Å². The van der Waals surface area contributed by atoms with Gasteiger partial charge in [0.05, 0.1) is 12.2 Å². The average molecular weight is 352 g/mol. The molecule has 2 aliphatic rings. The number of aliphatic hydroxyl groups is 1. The van der Waals surface area contributed by atoms with E-state index >= 15 is 0 Å². The molecule has 125 valence electrons. The SMILES string of the molecule is CC1=CN(c2cccc(CO)c2)C[N+]2C=C(c3ccc(Cl)cc3)N=C12. The molecule has 4 nitrogen and oxygen atoms in total. The number of halogens is 1. The van der Waals surface area contributed by atoms with Gasteiger partial charge in [-0.15, -0.1) is 0 Å². The lowest BCUT2D eigenvalue weighted by Gasteiger charge is -2.24. The lowest BCUT2D eigenvalue weighted by Crippen LogP contribution is -2.43. The smallest absolute Gasteiger partial charge is 0.288 e. The minimum atomic E-state index is 0.0431. The molecule has 25 heavy (non-hydrogen) atoms. The second-order valence-electron chi connectivity index (χ2n) is 6.18. The lowest BCUT2D eigenvalue weighted by atomic mass is 10.1. The Hall–Kier alpha value is -2.40. The molecule has 4 rings (SSSR count). The molecule has 2 heterocycles. The molecule has 1 radical (unpaired) electrons. The molecule has 0 unspecified atom stereocenters. The van der Waals surface area contributed by atoms with Crippen molar-refractivity contribution in [2.45, 2.75) is 13.5 Å². The molecule has 0 aromatic heterocycles. The van der Waals surface area contributed by atoms with Crippen LogP contribution in [0.5, 0.6) is 0 Å². The number of rotatable bonds is 3. The van der Waals surface area contributed by atoms with E-state index in [9.17, 15) is 5.11 Å². The van der Waals surface area contributed by atoms with E-state index in [0.717, 1.165) is 38.9 Å². The third-order valence-electron chi connectivity index (χ3n) is 4.35.